The fraction of sp³-hybridized carbons (Fsp3) is 0.381. The van der Waals surface area contributed by atoms with E-state index in [2.05, 4.69) is 5.32 Å². The van der Waals surface area contributed by atoms with Crippen LogP contribution in [0.2, 0.25) is 0 Å². The van der Waals surface area contributed by atoms with Crippen molar-refractivity contribution >= 4 is 5.91 Å². The molecule has 0 aliphatic carbocycles. The molecule has 0 spiro atoms. The summed E-state index contributed by atoms with van der Waals surface area (Å²) in [5.74, 6) is -0.338. The molecular formula is C21H27NO3. The summed E-state index contributed by atoms with van der Waals surface area (Å²) in [5.41, 5.74) is 2.56. The number of hydrogen-bond acceptors (Lipinski definition) is 3. The van der Waals surface area contributed by atoms with Gasteiger partial charge in [-0.15, -0.1) is 0 Å². The molecule has 4 heteroatoms. The van der Waals surface area contributed by atoms with E-state index in [1.54, 1.807) is 13.0 Å². The summed E-state index contributed by atoms with van der Waals surface area (Å²) in [7, 11) is 0. The van der Waals surface area contributed by atoms with Crippen molar-refractivity contribution in [2.24, 2.45) is 5.41 Å². The van der Waals surface area contributed by atoms with E-state index in [0.717, 1.165) is 11.1 Å². The van der Waals surface area contributed by atoms with Gasteiger partial charge in [-0.05, 0) is 42.0 Å². The number of aromatic hydroxyl groups is 1. The first-order valence-electron chi connectivity index (χ1n) is 8.50. The van der Waals surface area contributed by atoms with Crippen LogP contribution in [0.3, 0.4) is 0 Å². The number of phenolic OH excluding ortho intramolecular Hbond substituents is 1. The molecule has 4 nitrogen and oxygen atoms in total. The molecule has 0 aromatic heterocycles. The summed E-state index contributed by atoms with van der Waals surface area (Å²) < 4.78 is 0. The van der Waals surface area contributed by atoms with Crippen molar-refractivity contribution in [3.63, 3.8) is 0 Å². The zero-order valence-corrected chi connectivity index (χ0v) is 15.3. The third-order valence-corrected chi connectivity index (χ3v) is 4.71. The monoisotopic (exact) mass is 341 g/mol. The number of amides is 1. The first kappa shape index (κ1) is 19.0. The Morgan fingerprint density at radius 3 is 2.40 bits per heavy atom. The van der Waals surface area contributed by atoms with E-state index in [1.807, 2.05) is 57.2 Å². The maximum Gasteiger partial charge on any atom is 0.255 e. The number of rotatable bonds is 6. The number of nitrogens with one attached hydrogen (secondary N) is 1. The first-order valence-corrected chi connectivity index (χ1v) is 8.50. The molecule has 0 radical (unpaired) electrons. The van der Waals surface area contributed by atoms with Gasteiger partial charge in [0.15, 0.2) is 0 Å². The van der Waals surface area contributed by atoms with Gasteiger partial charge in [0.1, 0.15) is 5.75 Å². The van der Waals surface area contributed by atoms with Gasteiger partial charge in [-0.2, -0.15) is 0 Å². The van der Waals surface area contributed by atoms with Crippen molar-refractivity contribution in [3.05, 3.63) is 64.7 Å². The fourth-order valence-corrected chi connectivity index (χ4v) is 3.06. The Labute approximate surface area is 149 Å². The molecule has 1 atom stereocenters. The first-order chi connectivity index (χ1) is 11.8. The highest BCUT2D eigenvalue weighted by Gasteiger charge is 2.30. The van der Waals surface area contributed by atoms with Gasteiger partial charge in [-0.25, -0.2) is 0 Å². The molecule has 0 unspecified atom stereocenters. The zero-order valence-electron chi connectivity index (χ0n) is 15.3. The van der Waals surface area contributed by atoms with Gasteiger partial charge in [-0.3, -0.25) is 4.79 Å². The largest absolute Gasteiger partial charge is 0.507 e. The lowest BCUT2D eigenvalue weighted by molar-refractivity contribution is 0.0917. The number of carbonyl (C=O) groups excluding carboxylic acids is 1. The summed E-state index contributed by atoms with van der Waals surface area (Å²) in [4.78, 5) is 12.6. The number of aliphatic hydroxyl groups is 1. The molecule has 3 N–H and O–H groups in total. The van der Waals surface area contributed by atoms with Crippen LogP contribution in [0.4, 0.5) is 0 Å². The molecule has 0 aliphatic rings. The van der Waals surface area contributed by atoms with Gasteiger partial charge < -0.3 is 15.5 Å². The molecule has 2 aromatic carbocycles. The number of benzene rings is 2. The lowest BCUT2D eigenvalue weighted by Crippen LogP contribution is -2.37. The van der Waals surface area contributed by atoms with Crippen LogP contribution in [0.5, 0.6) is 5.75 Å². The van der Waals surface area contributed by atoms with Gasteiger partial charge in [-0.1, -0.05) is 50.2 Å². The van der Waals surface area contributed by atoms with Crippen LogP contribution in [-0.2, 0) is 0 Å². The lowest BCUT2D eigenvalue weighted by Gasteiger charge is -2.33. The van der Waals surface area contributed by atoms with Crippen LogP contribution < -0.4 is 5.32 Å². The van der Waals surface area contributed by atoms with Gasteiger partial charge in [0.25, 0.3) is 5.91 Å². The highest BCUT2D eigenvalue weighted by molar-refractivity contribution is 5.97. The van der Waals surface area contributed by atoms with E-state index in [1.165, 1.54) is 0 Å². The standard InChI is InChI=1S/C21H27NO3/c1-14-10-15(2)19(24)17(11-14)20(25)22-12-18(21(3,4)13-23)16-8-6-5-7-9-16/h5-11,18,23-24H,12-13H2,1-4H3,(H,22,25)/t18-/m0/s1. The molecule has 134 valence electrons. The second-order valence-electron chi connectivity index (χ2n) is 7.30. The smallest absolute Gasteiger partial charge is 0.255 e. The predicted molar refractivity (Wildman–Crippen MR) is 100.0 cm³/mol. The topological polar surface area (TPSA) is 69.6 Å². The minimum atomic E-state index is -0.390. The van der Waals surface area contributed by atoms with Gasteiger partial charge in [0.2, 0.25) is 0 Å². The van der Waals surface area contributed by atoms with Crippen LogP contribution in [0.25, 0.3) is 0 Å². The number of phenols is 1. The Kier molecular flexibility index (Phi) is 5.85. The molecule has 2 rings (SSSR count). The zero-order chi connectivity index (χ0) is 18.6. The minimum Gasteiger partial charge on any atom is -0.507 e. The summed E-state index contributed by atoms with van der Waals surface area (Å²) in [5, 5.41) is 22.9. The molecule has 0 bridgehead atoms. The predicted octanol–water partition coefficient (Wildman–Crippen LogP) is 3.54. The summed E-state index contributed by atoms with van der Waals surface area (Å²) in [6.45, 7) is 8.02. The average Bonchev–Trinajstić information content (AvgIpc) is 2.58. The van der Waals surface area contributed by atoms with Crippen molar-refractivity contribution in [2.75, 3.05) is 13.2 Å². The van der Waals surface area contributed by atoms with Crippen LogP contribution in [0, 0.1) is 19.3 Å². The lowest BCUT2D eigenvalue weighted by atomic mass is 9.75. The van der Waals surface area contributed by atoms with Crippen molar-refractivity contribution in [2.45, 2.75) is 33.6 Å². The molecule has 25 heavy (non-hydrogen) atoms. The van der Waals surface area contributed by atoms with Crippen molar-refractivity contribution in [3.8, 4) is 5.75 Å². The minimum absolute atomic E-state index is 0.0111. The third-order valence-electron chi connectivity index (χ3n) is 4.71. The van der Waals surface area contributed by atoms with E-state index >= 15 is 0 Å². The molecule has 2 aromatic rings. The molecule has 0 aliphatic heterocycles. The van der Waals surface area contributed by atoms with Crippen LogP contribution in [-0.4, -0.2) is 29.3 Å². The second-order valence-corrected chi connectivity index (χ2v) is 7.30. The van der Waals surface area contributed by atoms with Crippen LogP contribution in [0.1, 0.15) is 46.8 Å². The molecular weight excluding hydrogens is 314 g/mol. The maximum atomic E-state index is 12.6. The van der Waals surface area contributed by atoms with Crippen LogP contribution in [0.15, 0.2) is 42.5 Å². The summed E-state index contributed by atoms with van der Waals surface area (Å²) in [6.07, 6.45) is 0. The van der Waals surface area contributed by atoms with Gasteiger partial charge in [0, 0.05) is 19.1 Å². The maximum absolute atomic E-state index is 12.6. The number of aryl methyl sites for hydroxylation is 2. The molecule has 0 saturated heterocycles. The normalized spacial score (nSPS) is 12.7. The average molecular weight is 341 g/mol. The summed E-state index contributed by atoms with van der Waals surface area (Å²) >= 11 is 0. The van der Waals surface area contributed by atoms with E-state index in [0.29, 0.717) is 12.1 Å². The molecule has 0 heterocycles. The molecule has 0 fully saturated rings. The van der Waals surface area contributed by atoms with E-state index in [4.69, 9.17) is 0 Å². The van der Waals surface area contributed by atoms with Gasteiger partial charge >= 0.3 is 0 Å². The van der Waals surface area contributed by atoms with Gasteiger partial charge in [0.05, 0.1) is 5.56 Å². The van der Waals surface area contributed by atoms with Crippen molar-refractivity contribution in [1.82, 2.24) is 5.32 Å². The molecule has 1 amide bonds. The number of aliphatic hydroxyl groups excluding tert-OH is 1. The molecule has 0 saturated carbocycles. The Morgan fingerprint density at radius 2 is 1.80 bits per heavy atom. The fourth-order valence-electron chi connectivity index (χ4n) is 3.06. The quantitative estimate of drug-likeness (QED) is 0.753. The Morgan fingerprint density at radius 1 is 1.16 bits per heavy atom. The number of hydrogen-bond donors (Lipinski definition) is 3. The highest BCUT2D eigenvalue weighted by Crippen LogP contribution is 2.34. The van der Waals surface area contributed by atoms with Crippen LogP contribution >= 0.6 is 0 Å². The number of carbonyl (C=O) groups is 1. The Hall–Kier alpha value is -2.33. The van der Waals surface area contributed by atoms with E-state index in [-0.39, 0.29) is 35.2 Å². The second kappa shape index (κ2) is 7.70. The van der Waals surface area contributed by atoms with Crippen molar-refractivity contribution in [1.29, 1.82) is 0 Å². The van der Waals surface area contributed by atoms with E-state index in [9.17, 15) is 15.0 Å². The Balaban J connectivity index is 2.23. The summed E-state index contributed by atoms with van der Waals surface area (Å²) in [6, 6.07) is 13.4. The third kappa shape index (κ3) is 4.40. The Bertz CT molecular complexity index is 738. The SMILES string of the molecule is Cc1cc(C)c(O)c(C(=O)NC[C@@H](c2ccccc2)C(C)(C)CO)c1. The highest BCUT2D eigenvalue weighted by atomic mass is 16.3. The van der Waals surface area contributed by atoms with Crippen molar-refractivity contribution < 1.29 is 15.0 Å². The van der Waals surface area contributed by atoms with E-state index < -0.39 is 0 Å².